The van der Waals surface area contributed by atoms with Gasteiger partial charge in [0, 0.05) is 0 Å². The van der Waals surface area contributed by atoms with Crippen LogP contribution in [0.2, 0.25) is 0 Å². The lowest BCUT2D eigenvalue weighted by Crippen LogP contribution is -2.27. The van der Waals surface area contributed by atoms with Gasteiger partial charge in [-0.25, -0.2) is 4.39 Å². The Bertz CT molecular complexity index is 1220. The van der Waals surface area contributed by atoms with Crippen LogP contribution in [0, 0.1) is 12.7 Å². The first-order valence-corrected chi connectivity index (χ1v) is 11.1. The van der Waals surface area contributed by atoms with E-state index in [1.54, 1.807) is 36.4 Å². The molecular weight excluding hydrogens is 441 g/mol. The van der Waals surface area contributed by atoms with Gasteiger partial charge in [-0.1, -0.05) is 42.5 Å². The number of carbonyl (C=O) groups excluding carboxylic acids is 2. The first-order chi connectivity index (χ1) is 15.9. The molecule has 3 aromatic rings. The maximum absolute atomic E-state index is 13.1. The molecule has 7 heteroatoms. The summed E-state index contributed by atoms with van der Waals surface area (Å²) < 4.78 is 24.4. The van der Waals surface area contributed by atoms with Gasteiger partial charge in [-0.05, 0) is 71.3 Å². The summed E-state index contributed by atoms with van der Waals surface area (Å²) in [4.78, 5) is 27.0. The van der Waals surface area contributed by atoms with Gasteiger partial charge in [0.25, 0.3) is 11.1 Å². The summed E-state index contributed by atoms with van der Waals surface area (Å²) in [5.41, 5.74) is 3.47. The predicted molar refractivity (Wildman–Crippen MR) is 126 cm³/mol. The van der Waals surface area contributed by atoms with E-state index < -0.39 is 0 Å². The van der Waals surface area contributed by atoms with Gasteiger partial charge in [-0.15, -0.1) is 0 Å². The van der Waals surface area contributed by atoms with Crippen LogP contribution in [0.4, 0.5) is 9.18 Å². The van der Waals surface area contributed by atoms with Crippen molar-refractivity contribution in [3.63, 3.8) is 0 Å². The lowest BCUT2D eigenvalue weighted by Gasteiger charge is -2.14. The third kappa shape index (κ3) is 5.26. The number of methoxy groups -OCH3 is 1. The molecule has 1 fully saturated rings. The second-order valence-electron chi connectivity index (χ2n) is 7.52. The number of hydrogen-bond acceptors (Lipinski definition) is 5. The van der Waals surface area contributed by atoms with Crippen molar-refractivity contribution in [2.75, 3.05) is 7.11 Å². The van der Waals surface area contributed by atoms with Crippen LogP contribution in [0.5, 0.6) is 11.5 Å². The summed E-state index contributed by atoms with van der Waals surface area (Å²) >= 11 is 0.920. The molecule has 1 aliphatic rings. The highest BCUT2D eigenvalue weighted by Gasteiger charge is 2.35. The first kappa shape index (κ1) is 22.6. The number of thioether (sulfide) groups is 1. The molecule has 3 aromatic carbocycles. The lowest BCUT2D eigenvalue weighted by atomic mass is 10.1. The van der Waals surface area contributed by atoms with E-state index in [1.807, 2.05) is 31.2 Å². The summed E-state index contributed by atoms with van der Waals surface area (Å²) in [5.74, 6) is 0.379. The zero-order valence-electron chi connectivity index (χ0n) is 18.2. The Labute approximate surface area is 195 Å². The molecule has 0 saturated carbocycles. The summed E-state index contributed by atoms with van der Waals surface area (Å²) in [6.45, 7) is 2.42. The molecule has 0 bridgehead atoms. The third-order valence-corrected chi connectivity index (χ3v) is 6.16. The molecule has 168 valence electrons. The predicted octanol–water partition coefficient (Wildman–Crippen LogP) is 5.96. The monoisotopic (exact) mass is 463 g/mol. The maximum Gasteiger partial charge on any atom is 0.293 e. The van der Waals surface area contributed by atoms with Gasteiger partial charge in [0.15, 0.2) is 11.5 Å². The van der Waals surface area contributed by atoms with Crippen LogP contribution < -0.4 is 9.47 Å². The summed E-state index contributed by atoms with van der Waals surface area (Å²) in [7, 11) is 1.54. The van der Waals surface area contributed by atoms with E-state index in [1.165, 1.54) is 24.1 Å². The molecular formula is C26H22FNO4S. The highest BCUT2D eigenvalue weighted by molar-refractivity contribution is 8.18. The molecule has 0 atom stereocenters. The summed E-state index contributed by atoms with van der Waals surface area (Å²) in [5, 5.41) is -0.296. The normalized spacial score (nSPS) is 14.8. The number of nitrogens with zero attached hydrogens (tertiary/aromatic N) is 1. The Balaban J connectivity index is 1.52. The van der Waals surface area contributed by atoms with Crippen LogP contribution in [-0.2, 0) is 17.9 Å². The topological polar surface area (TPSA) is 55.8 Å². The summed E-state index contributed by atoms with van der Waals surface area (Å²) in [6, 6.07) is 19.0. The van der Waals surface area contributed by atoms with E-state index in [0.717, 1.165) is 28.5 Å². The Morgan fingerprint density at radius 3 is 2.48 bits per heavy atom. The second kappa shape index (κ2) is 9.92. The van der Waals surface area contributed by atoms with Crippen LogP contribution >= 0.6 is 11.8 Å². The van der Waals surface area contributed by atoms with Crippen LogP contribution in [0.25, 0.3) is 6.08 Å². The number of aryl methyl sites for hydroxylation is 1. The quantitative estimate of drug-likeness (QED) is 0.405. The van der Waals surface area contributed by atoms with Gasteiger partial charge in [-0.2, -0.15) is 0 Å². The number of imide groups is 1. The van der Waals surface area contributed by atoms with Crippen molar-refractivity contribution in [2.45, 2.75) is 20.1 Å². The molecule has 1 aliphatic heterocycles. The van der Waals surface area contributed by atoms with Crippen molar-refractivity contribution in [3.05, 3.63) is 99.7 Å². The fraction of sp³-hybridized carbons (Fsp3) is 0.154. The molecule has 5 nitrogen and oxygen atoms in total. The summed E-state index contributed by atoms with van der Waals surface area (Å²) in [6.07, 6.45) is 1.67. The fourth-order valence-corrected chi connectivity index (χ4v) is 4.22. The Hall–Kier alpha value is -3.58. The van der Waals surface area contributed by atoms with Gasteiger partial charge < -0.3 is 9.47 Å². The van der Waals surface area contributed by atoms with E-state index in [0.29, 0.717) is 22.0 Å². The number of ether oxygens (including phenoxy) is 2. The number of amides is 2. The second-order valence-corrected chi connectivity index (χ2v) is 8.51. The molecule has 0 aromatic heterocycles. The van der Waals surface area contributed by atoms with E-state index >= 15 is 0 Å². The highest BCUT2D eigenvalue weighted by Crippen LogP contribution is 2.35. The third-order valence-electron chi connectivity index (χ3n) is 5.26. The van der Waals surface area contributed by atoms with Crippen LogP contribution in [-0.4, -0.2) is 23.2 Å². The Morgan fingerprint density at radius 1 is 1.00 bits per heavy atom. The largest absolute Gasteiger partial charge is 0.493 e. The first-order valence-electron chi connectivity index (χ1n) is 10.3. The molecule has 0 aliphatic carbocycles. The number of halogens is 1. The van der Waals surface area contributed by atoms with E-state index in [-0.39, 0.29) is 30.1 Å². The highest BCUT2D eigenvalue weighted by atomic mass is 32.2. The van der Waals surface area contributed by atoms with E-state index in [9.17, 15) is 14.0 Å². The molecule has 0 spiro atoms. The van der Waals surface area contributed by atoms with Gasteiger partial charge in [-0.3, -0.25) is 14.5 Å². The molecule has 0 unspecified atom stereocenters. The molecule has 0 N–H and O–H groups in total. The van der Waals surface area contributed by atoms with Crippen LogP contribution in [0.1, 0.15) is 22.3 Å². The van der Waals surface area contributed by atoms with Crippen molar-refractivity contribution in [1.29, 1.82) is 0 Å². The van der Waals surface area contributed by atoms with Crippen molar-refractivity contribution in [1.82, 2.24) is 4.90 Å². The zero-order valence-corrected chi connectivity index (χ0v) is 19.0. The number of carbonyl (C=O) groups is 2. The smallest absolute Gasteiger partial charge is 0.293 e. The van der Waals surface area contributed by atoms with Crippen LogP contribution in [0.15, 0.2) is 71.6 Å². The van der Waals surface area contributed by atoms with Crippen molar-refractivity contribution < 1.29 is 23.5 Å². The minimum absolute atomic E-state index is 0.229. The lowest BCUT2D eigenvalue weighted by molar-refractivity contribution is -0.123. The number of rotatable bonds is 7. The van der Waals surface area contributed by atoms with Crippen LogP contribution in [0.3, 0.4) is 0 Å². The maximum atomic E-state index is 13.1. The van der Waals surface area contributed by atoms with Gasteiger partial charge in [0.05, 0.1) is 18.6 Å². The minimum Gasteiger partial charge on any atom is -0.493 e. The van der Waals surface area contributed by atoms with Gasteiger partial charge in [0.1, 0.15) is 12.4 Å². The molecule has 0 radical (unpaired) electrons. The average Bonchev–Trinajstić information content (AvgIpc) is 3.07. The molecule has 2 amide bonds. The molecule has 33 heavy (non-hydrogen) atoms. The minimum atomic E-state index is -0.321. The standard InChI is InChI=1S/C26H22FNO4S/c1-17-5-3-4-6-20(17)15-28-25(29)24(33-26(28)30)14-19-9-12-22(31-2)23(13-19)32-16-18-7-10-21(27)11-8-18/h3-14H,15-16H2,1-2H3/b24-14-. The Kier molecular flexibility index (Phi) is 6.79. The van der Waals surface area contributed by atoms with E-state index in [4.69, 9.17) is 9.47 Å². The molecule has 1 heterocycles. The molecule has 4 rings (SSSR count). The SMILES string of the molecule is COc1ccc(/C=C2\SC(=O)N(Cc3ccccc3C)C2=O)cc1OCc1ccc(F)cc1. The van der Waals surface area contributed by atoms with Gasteiger partial charge in [0.2, 0.25) is 0 Å². The van der Waals surface area contributed by atoms with Crippen molar-refractivity contribution >= 4 is 29.0 Å². The van der Waals surface area contributed by atoms with Crippen molar-refractivity contribution in [2.24, 2.45) is 0 Å². The Morgan fingerprint density at radius 2 is 1.76 bits per heavy atom. The number of hydrogen-bond donors (Lipinski definition) is 0. The molecule has 1 saturated heterocycles. The fourth-order valence-electron chi connectivity index (χ4n) is 3.38. The van der Waals surface area contributed by atoms with Crippen molar-refractivity contribution in [3.8, 4) is 11.5 Å². The van der Waals surface area contributed by atoms with E-state index in [2.05, 4.69) is 0 Å². The average molecular weight is 464 g/mol. The zero-order chi connectivity index (χ0) is 23.4. The number of benzene rings is 3. The van der Waals surface area contributed by atoms with Gasteiger partial charge >= 0.3 is 0 Å².